The second-order valence-electron chi connectivity index (χ2n) is 7.62. The van der Waals surface area contributed by atoms with E-state index in [-0.39, 0.29) is 6.04 Å². The Morgan fingerprint density at radius 2 is 1.52 bits per heavy atom. The number of carbonyl (C=O) groups excluding carboxylic acids is 1. The summed E-state index contributed by atoms with van der Waals surface area (Å²) in [5, 5.41) is 3.74. The lowest BCUT2D eigenvalue weighted by molar-refractivity contribution is -0.114. The van der Waals surface area contributed by atoms with Gasteiger partial charge in [0.05, 0.1) is 11.6 Å². The van der Waals surface area contributed by atoms with Crippen LogP contribution in [0.4, 0.5) is 0 Å². The lowest BCUT2D eigenvalue weighted by Crippen LogP contribution is -2.52. The Morgan fingerprint density at radius 1 is 0.889 bits per heavy atom. The number of aldehydes is 1. The Balaban J connectivity index is 1.70. The standard InChI is InChI=1S/C25H25NO/c1-19-12-13-20-14-15-25(18-27,17-23(20)16-19)26-24(21-8-4-2-5-9-21)22-10-6-3-7-11-22/h2-13,16,18,24,26H,14-15,17H2,1H3. The van der Waals surface area contributed by atoms with E-state index in [9.17, 15) is 4.79 Å². The number of benzene rings is 3. The maximum Gasteiger partial charge on any atom is 0.140 e. The normalized spacial score (nSPS) is 18.9. The summed E-state index contributed by atoms with van der Waals surface area (Å²) in [5.74, 6) is 0. The Hall–Kier alpha value is -2.71. The molecule has 4 rings (SSSR count). The van der Waals surface area contributed by atoms with Crippen molar-refractivity contribution < 1.29 is 4.79 Å². The van der Waals surface area contributed by atoms with Gasteiger partial charge in [0.1, 0.15) is 6.29 Å². The van der Waals surface area contributed by atoms with Crippen LogP contribution in [0.25, 0.3) is 0 Å². The van der Waals surface area contributed by atoms with E-state index in [0.717, 1.165) is 25.5 Å². The summed E-state index contributed by atoms with van der Waals surface area (Å²) in [4.78, 5) is 12.3. The smallest absolute Gasteiger partial charge is 0.140 e. The highest BCUT2D eigenvalue weighted by Gasteiger charge is 2.36. The number of hydrogen-bond acceptors (Lipinski definition) is 2. The van der Waals surface area contributed by atoms with Crippen molar-refractivity contribution >= 4 is 6.29 Å². The molecular weight excluding hydrogens is 330 g/mol. The van der Waals surface area contributed by atoms with E-state index in [1.165, 1.54) is 27.8 Å². The molecule has 0 aliphatic heterocycles. The number of carbonyl (C=O) groups is 1. The van der Waals surface area contributed by atoms with Crippen LogP contribution < -0.4 is 5.32 Å². The van der Waals surface area contributed by atoms with Crippen LogP contribution in [0, 0.1) is 6.92 Å². The summed E-state index contributed by atoms with van der Waals surface area (Å²) in [6.45, 7) is 2.11. The molecule has 0 amide bonds. The summed E-state index contributed by atoms with van der Waals surface area (Å²) < 4.78 is 0. The molecular formula is C25H25NO. The molecule has 3 aromatic rings. The Labute approximate surface area is 161 Å². The van der Waals surface area contributed by atoms with Gasteiger partial charge in [-0.3, -0.25) is 5.32 Å². The van der Waals surface area contributed by atoms with E-state index in [1.54, 1.807) is 0 Å². The fourth-order valence-corrected chi connectivity index (χ4v) is 4.14. The number of aryl methyl sites for hydroxylation is 2. The van der Waals surface area contributed by atoms with E-state index in [4.69, 9.17) is 0 Å². The first kappa shape index (κ1) is 17.7. The summed E-state index contributed by atoms with van der Waals surface area (Å²) in [5.41, 5.74) is 5.73. The van der Waals surface area contributed by atoms with Gasteiger partial charge in [0.25, 0.3) is 0 Å². The molecule has 0 aromatic heterocycles. The third-order valence-electron chi connectivity index (χ3n) is 5.63. The second-order valence-corrected chi connectivity index (χ2v) is 7.62. The lowest BCUT2D eigenvalue weighted by Gasteiger charge is -2.38. The van der Waals surface area contributed by atoms with Crippen LogP contribution >= 0.6 is 0 Å². The molecule has 1 unspecified atom stereocenters. The first-order valence-electron chi connectivity index (χ1n) is 9.61. The number of rotatable bonds is 5. The molecule has 3 aromatic carbocycles. The molecule has 2 nitrogen and oxygen atoms in total. The second kappa shape index (κ2) is 7.50. The SMILES string of the molecule is Cc1ccc2c(c1)CC(C=O)(NC(c1ccccc1)c1ccccc1)CC2. The van der Waals surface area contributed by atoms with E-state index >= 15 is 0 Å². The molecule has 27 heavy (non-hydrogen) atoms. The molecule has 1 aliphatic rings. The molecule has 0 heterocycles. The quantitative estimate of drug-likeness (QED) is 0.666. The molecule has 0 saturated heterocycles. The fraction of sp³-hybridized carbons (Fsp3) is 0.240. The minimum Gasteiger partial charge on any atom is -0.301 e. The Morgan fingerprint density at radius 3 is 2.11 bits per heavy atom. The zero-order valence-electron chi connectivity index (χ0n) is 15.7. The molecule has 0 fully saturated rings. The molecule has 0 radical (unpaired) electrons. The van der Waals surface area contributed by atoms with Gasteiger partial charge in [0.2, 0.25) is 0 Å². The summed E-state index contributed by atoms with van der Waals surface area (Å²) >= 11 is 0. The van der Waals surface area contributed by atoms with Crippen LogP contribution in [0.2, 0.25) is 0 Å². The maximum atomic E-state index is 12.3. The summed E-state index contributed by atoms with van der Waals surface area (Å²) in [6.07, 6.45) is 3.63. The summed E-state index contributed by atoms with van der Waals surface area (Å²) in [7, 11) is 0. The number of fused-ring (bicyclic) bond motifs is 1. The fourth-order valence-electron chi connectivity index (χ4n) is 4.14. The van der Waals surface area contributed by atoms with Gasteiger partial charge in [0, 0.05) is 0 Å². The predicted octanol–water partition coefficient (Wildman–Crippen LogP) is 4.80. The lowest BCUT2D eigenvalue weighted by atomic mass is 9.77. The van der Waals surface area contributed by atoms with Crippen LogP contribution in [0.5, 0.6) is 0 Å². The highest BCUT2D eigenvalue weighted by molar-refractivity contribution is 5.67. The van der Waals surface area contributed by atoms with Crippen molar-refractivity contribution in [2.24, 2.45) is 0 Å². The van der Waals surface area contributed by atoms with Crippen LogP contribution in [-0.4, -0.2) is 11.8 Å². The zero-order valence-corrected chi connectivity index (χ0v) is 15.7. The van der Waals surface area contributed by atoms with E-state index in [0.29, 0.717) is 0 Å². The van der Waals surface area contributed by atoms with Crippen molar-refractivity contribution in [1.82, 2.24) is 5.32 Å². The highest BCUT2D eigenvalue weighted by atomic mass is 16.1. The van der Waals surface area contributed by atoms with Crippen molar-refractivity contribution in [3.05, 3.63) is 107 Å². The van der Waals surface area contributed by atoms with Crippen LogP contribution in [0.15, 0.2) is 78.9 Å². The first-order valence-corrected chi connectivity index (χ1v) is 9.61. The summed E-state index contributed by atoms with van der Waals surface area (Å²) in [6, 6.07) is 27.4. The number of nitrogens with one attached hydrogen (secondary N) is 1. The van der Waals surface area contributed by atoms with Crippen molar-refractivity contribution in [2.75, 3.05) is 0 Å². The molecule has 1 aliphatic carbocycles. The van der Waals surface area contributed by atoms with Gasteiger partial charge in [-0.2, -0.15) is 0 Å². The third kappa shape index (κ3) is 3.72. The molecule has 1 N–H and O–H groups in total. The minimum atomic E-state index is -0.545. The third-order valence-corrected chi connectivity index (χ3v) is 5.63. The van der Waals surface area contributed by atoms with Crippen LogP contribution in [-0.2, 0) is 17.6 Å². The molecule has 0 bridgehead atoms. The maximum absolute atomic E-state index is 12.3. The van der Waals surface area contributed by atoms with Gasteiger partial charge < -0.3 is 4.79 Å². The van der Waals surface area contributed by atoms with Crippen LogP contribution in [0.3, 0.4) is 0 Å². The van der Waals surface area contributed by atoms with Crippen molar-refractivity contribution in [3.63, 3.8) is 0 Å². The zero-order chi connectivity index (χ0) is 18.7. The van der Waals surface area contributed by atoms with E-state index < -0.39 is 5.54 Å². The topological polar surface area (TPSA) is 29.1 Å². The van der Waals surface area contributed by atoms with Crippen LogP contribution in [0.1, 0.15) is 40.3 Å². The predicted molar refractivity (Wildman–Crippen MR) is 110 cm³/mol. The van der Waals surface area contributed by atoms with Gasteiger partial charge in [0.15, 0.2) is 0 Å². The molecule has 0 saturated carbocycles. The van der Waals surface area contributed by atoms with E-state index in [2.05, 4.69) is 79.0 Å². The van der Waals surface area contributed by atoms with E-state index in [1.807, 2.05) is 12.1 Å². The largest absolute Gasteiger partial charge is 0.301 e. The average Bonchev–Trinajstić information content (AvgIpc) is 2.73. The number of hydrogen-bond donors (Lipinski definition) is 1. The van der Waals surface area contributed by atoms with Crippen molar-refractivity contribution in [1.29, 1.82) is 0 Å². The van der Waals surface area contributed by atoms with Crippen molar-refractivity contribution in [2.45, 2.75) is 37.8 Å². The average molecular weight is 355 g/mol. The van der Waals surface area contributed by atoms with Crippen molar-refractivity contribution in [3.8, 4) is 0 Å². The molecule has 136 valence electrons. The Bertz CT molecular complexity index is 880. The van der Waals surface area contributed by atoms with Gasteiger partial charge >= 0.3 is 0 Å². The highest BCUT2D eigenvalue weighted by Crippen LogP contribution is 2.32. The van der Waals surface area contributed by atoms with Gasteiger partial charge in [-0.25, -0.2) is 0 Å². The Kier molecular flexibility index (Phi) is 4.91. The van der Waals surface area contributed by atoms with Gasteiger partial charge in [-0.05, 0) is 48.4 Å². The minimum absolute atomic E-state index is 0.0102. The van der Waals surface area contributed by atoms with Gasteiger partial charge in [-0.1, -0.05) is 84.4 Å². The molecule has 2 heteroatoms. The molecule has 1 atom stereocenters. The first-order chi connectivity index (χ1) is 13.2. The van der Waals surface area contributed by atoms with Gasteiger partial charge in [-0.15, -0.1) is 0 Å². The monoisotopic (exact) mass is 355 g/mol. The molecule has 0 spiro atoms.